The number of ether oxygens (including phenoxy) is 1. The highest BCUT2D eigenvalue weighted by molar-refractivity contribution is 5.95. The monoisotopic (exact) mass is 392 g/mol. The van der Waals surface area contributed by atoms with Crippen molar-refractivity contribution in [1.29, 1.82) is 0 Å². The molecular formula is C21H24N6O2. The molecule has 0 spiro atoms. The smallest absolute Gasteiger partial charge is 0.232 e. The van der Waals surface area contributed by atoms with E-state index in [0.29, 0.717) is 36.5 Å². The summed E-state index contributed by atoms with van der Waals surface area (Å²) in [6.45, 7) is 5.13. The lowest BCUT2D eigenvalue weighted by atomic mass is 10.1. The lowest BCUT2D eigenvalue weighted by Gasteiger charge is -2.09. The number of nitrogens with zero attached hydrogens (tertiary/aromatic N) is 4. The first-order valence-electron chi connectivity index (χ1n) is 9.37. The highest BCUT2D eigenvalue weighted by Gasteiger charge is 2.11. The minimum Gasteiger partial charge on any atom is -0.476 e. The molecule has 0 bridgehead atoms. The Morgan fingerprint density at radius 2 is 2.00 bits per heavy atom. The first-order valence-corrected chi connectivity index (χ1v) is 9.37. The van der Waals surface area contributed by atoms with Crippen LogP contribution in [0, 0.1) is 5.92 Å². The summed E-state index contributed by atoms with van der Waals surface area (Å²) < 4.78 is 5.49. The van der Waals surface area contributed by atoms with Crippen LogP contribution >= 0.6 is 0 Å². The number of pyridine rings is 2. The fourth-order valence-corrected chi connectivity index (χ4v) is 2.55. The summed E-state index contributed by atoms with van der Waals surface area (Å²) >= 11 is 0. The Hall–Kier alpha value is -3.55. The quantitative estimate of drug-likeness (QED) is 0.534. The molecule has 0 unspecified atom stereocenters. The lowest BCUT2D eigenvalue weighted by Crippen LogP contribution is -2.10. The molecule has 3 aromatic rings. The molecule has 3 aromatic heterocycles. The fourth-order valence-electron chi connectivity index (χ4n) is 2.55. The maximum Gasteiger partial charge on any atom is 0.232 e. The minimum absolute atomic E-state index is 0.116. The van der Waals surface area contributed by atoms with E-state index in [0.717, 1.165) is 16.9 Å². The number of hydrogen-bond acceptors (Lipinski definition) is 8. The largest absolute Gasteiger partial charge is 0.476 e. The fraction of sp³-hybridized carbons (Fsp3) is 0.286. The first kappa shape index (κ1) is 20.2. The third kappa shape index (κ3) is 5.97. The van der Waals surface area contributed by atoms with Crippen molar-refractivity contribution in [2.24, 2.45) is 5.92 Å². The number of rotatable bonds is 9. The molecule has 0 aliphatic heterocycles. The second kappa shape index (κ2) is 9.59. The van der Waals surface area contributed by atoms with Crippen LogP contribution in [0.25, 0.3) is 0 Å². The molecule has 0 aliphatic carbocycles. The standard InChI is InChI=1S/C21H24N6O2/c1-14(2)13-29-20-12-26-18(11-27-20)19(28)9-15-5-7-23-16(8-15)10-25-17-4-3-6-24-21(17)22/h3-8,11-12,14,25H,9-10,13H2,1-2H3,(H2,22,24). The number of nitrogens with two attached hydrogens (primary N) is 1. The molecule has 0 saturated heterocycles. The number of anilines is 2. The molecule has 0 radical (unpaired) electrons. The van der Waals surface area contributed by atoms with Crippen LogP contribution in [-0.2, 0) is 13.0 Å². The molecule has 150 valence electrons. The van der Waals surface area contributed by atoms with Gasteiger partial charge in [-0.2, -0.15) is 0 Å². The Kier molecular flexibility index (Phi) is 6.67. The van der Waals surface area contributed by atoms with Crippen LogP contribution < -0.4 is 15.8 Å². The van der Waals surface area contributed by atoms with Crippen LogP contribution in [-0.4, -0.2) is 32.3 Å². The van der Waals surface area contributed by atoms with E-state index in [1.165, 1.54) is 12.4 Å². The van der Waals surface area contributed by atoms with Crippen molar-refractivity contribution in [1.82, 2.24) is 19.9 Å². The number of ketones is 1. The van der Waals surface area contributed by atoms with E-state index in [1.54, 1.807) is 18.5 Å². The number of hydrogen-bond donors (Lipinski definition) is 2. The summed E-state index contributed by atoms with van der Waals surface area (Å²) in [5.74, 6) is 1.12. The SMILES string of the molecule is CC(C)COc1cnc(C(=O)Cc2ccnc(CNc3cccnc3N)c2)cn1. The molecule has 3 heterocycles. The Morgan fingerprint density at radius 3 is 2.72 bits per heavy atom. The van der Waals surface area contributed by atoms with Gasteiger partial charge in [-0.3, -0.25) is 9.78 Å². The molecule has 0 atom stereocenters. The highest BCUT2D eigenvalue weighted by Crippen LogP contribution is 2.15. The van der Waals surface area contributed by atoms with Gasteiger partial charge in [0, 0.05) is 18.8 Å². The molecule has 29 heavy (non-hydrogen) atoms. The molecule has 0 fully saturated rings. The summed E-state index contributed by atoms with van der Waals surface area (Å²) in [5.41, 5.74) is 8.52. The Balaban J connectivity index is 1.59. The van der Waals surface area contributed by atoms with Crippen molar-refractivity contribution in [2.75, 3.05) is 17.7 Å². The highest BCUT2D eigenvalue weighted by atomic mass is 16.5. The number of carbonyl (C=O) groups excluding carboxylic acids is 1. The van der Waals surface area contributed by atoms with Gasteiger partial charge in [-0.25, -0.2) is 15.0 Å². The van der Waals surface area contributed by atoms with Crippen LogP contribution in [0.1, 0.15) is 35.6 Å². The predicted octanol–water partition coefficient (Wildman–Crippen LogP) is 2.92. The number of nitrogen functional groups attached to an aromatic ring is 1. The molecule has 3 N–H and O–H groups in total. The molecular weight excluding hydrogens is 368 g/mol. The van der Waals surface area contributed by atoms with Crippen molar-refractivity contribution in [3.05, 3.63) is 66.0 Å². The zero-order chi connectivity index (χ0) is 20.6. The van der Waals surface area contributed by atoms with Gasteiger partial charge in [-0.05, 0) is 35.7 Å². The Labute approximate surface area is 169 Å². The van der Waals surface area contributed by atoms with Crippen molar-refractivity contribution >= 4 is 17.3 Å². The second-order valence-corrected chi connectivity index (χ2v) is 6.99. The van der Waals surface area contributed by atoms with Crippen LogP contribution in [0.4, 0.5) is 11.5 Å². The Morgan fingerprint density at radius 1 is 1.14 bits per heavy atom. The summed E-state index contributed by atoms with van der Waals surface area (Å²) in [6, 6.07) is 7.35. The molecule has 0 saturated carbocycles. The van der Waals surface area contributed by atoms with Crippen molar-refractivity contribution in [3.8, 4) is 5.88 Å². The molecule has 8 nitrogen and oxygen atoms in total. The maximum atomic E-state index is 12.5. The third-order valence-electron chi connectivity index (χ3n) is 4.02. The van der Waals surface area contributed by atoms with E-state index in [4.69, 9.17) is 10.5 Å². The average molecular weight is 392 g/mol. The van der Waals surface area contributed by atoms with E-state index in [1.807, 2.05) is 18.2 Å². The maximum absolute atomic E-state index is 12.5. The van der Waals surface area contributed by atoms with Crippen LogP contribution in [0.3, 0.4) is 0 Å². The van der Waals surface area contributed by atoms with E-state index in [-0.39, 0.29) is 12.2 Å². The van der Waals surface area contributed by atoms with Crippen LogP contribution in [0.5, 0.6) is 5.88 Å². The number of Topliss-reactive ketones (excluding diaryl/α,β-unsaturated/α-hetero) is 1. The lowest BCUT2D eigenvalue weighted by molar-refractivity contribution is 0.0987. The van der Waals surface area contributed by atoms with Gasteiger partial charge in [0.2, 0.25) is 5.88 Å². The van der Waals surface area contributed by atoms with Crippen molar-refractivity contribution in [2.45, 2.75) is 26.8 Å². The third-order valence-corrected chi connectivity index (χ3v) is 4.02. The van der Waals surface area contributed by atoms with Gasteiger partial charge in [0.1, 0.15) is 11.5 Å². The van der Waals surface area contributed by atoms with Gasteiger partial charge in [0.25, 0.3) is 0 Å². The summed E-state index contributed by atoms with van der Waals surface area (Å²) in [7, 11) is 0. The van der Waals surface area contributed by atoms with E-state index < -0.39 is 0 Å². The predicted molar refractivity (Wildman–Crippen MR) is 111 cm³/mol. The van der Waals surface area contributed by atoms with Crippen molar-refractivity contribution in [3.63, 3.8) is 0 Å². The van der Waals surface area contributed by atoms with Gasteiger partial charge in [0.05, 0.1) is 36.9 Å². The minimum atomic E-state index is -0.116. The summed E-state index contributed by atoms with van der Waals surface area (Å²) in [5, 5.41) is 3.20. The van der Waals surface area contributed by atoms with Crippen LogP contribution in [0.2, 0.25) is 0 Å². The summed E-state index contributed by atoms with van der Waals surface area (Å²) in [6.07, 6.45) is 6.46. The molecule has 0 aliphatic rings. The Bertz CT molecular complexity index is 959. The normalized spacial score (nSPS) is 10.7. The van der Waals surface area contributed by atoms with E-state index in [9.17, 15) is 4.79 Å². The average Bonchev–Trinajstić information content (AvgIpc) is 2.72. The van der Waals surface area contributed by atoms with Gasteiger partial charge < -0.3 is 15.8 Å². The van der Waals surface area contributed by atoms with E-state index >= 15 is 0 Å². The zero-order valence-electron chi connectivity index (χ0n) is 16.5. The molecule has 8 heteroatoms. The molecule has 0 amide bonds. The number of nitrogens with one attached hydrogen (secondary N) is 1. The van der Waals surface area contributed by atoms with Crippen molar-refractivity contribution < 1.29 is 9.53 Å². The number of carbonyl (C=O) groups is 1. The molecule has 0 aromatic carbocycles. The van der Waals surface area contributed by atoms with Gasteiger partial charge in [-0.1, -0.05) is 13.8 Å². The zero-order valence-corrected chi connectivity index (χ0v) is 16.5. The summed E-state index contributed by atoms with van der Waals surface area (Å²) in [4.78, 5) is 29.2. The van der Waals surface area contributed by atoms with Gasteiger partial charge >= 0.3 is 0 Å². The second-order valence-electron chi connectivity index (χ2n) is 6.99. The van der Waals surface area contributed by atoms with E-state index in [2.05, 4.69) is 39.1 Å². The first-order chi connectivity index (χ1) is 14.0. The van der Waals surface area contributed by atoms with Crippen LogP contribution in [0.15, 0.2) is 49.1 Å². The topological polar surface area (TPSA) is 116 Å². The van der Waals surface area contributed by atoms with Gasteiger partial charge in [0.15, 0.2) is 5.78 Å². The van der Waals surface area contributed by atoms with Gasteiger partial charge in [-0.15, -0.1) is 0 Å². The number of aromatic nitrogens is 4. The molecule has 3 rings (SSSR count).